The molecule has 0 atom stereocenters. The maximum absolute atomic E-state index is 4.72. The first-order chi connectivity index (χ1) is 14.3. The molecule has 0 saturated carbocycles. The highest BCUT2D eigenvalue weighted by atomic mass is 15.4. The van der Waals surface area contributed by atoms with Crippen molar-refractivity contribution in [3.05, 3.63) is 66.3 Å². The zero-order valence-electron chi connectivity index (χ0n) is 18.6. The van der Waals surface area contributed by atoms with Gasteiger partial charge in [0, 0.05) is 56.4 Å². The molecule has 0 bridgehead atoms. The minimum atomic E-state index is -0.0406. The van der Waals surface area contributed by atoms with Crippen LogP contribution in [0.3, 0.4) is 0 Å². The summed E-state index contributed by atoms with van der Waals surface area (Å²) in [5.74, 6) is 2.91. The van der Waals surface area contributed by atoms with Crippen LogP contribution < -0.4 is 15.1 Å². The number of hydrogen-bond acceptors (Lipinski definition) is 6. The van der Waals surface area contributed by atoms with Crippen LogP contribution in [0.1, 0.15) is 30.5 Å². The summed E-state index contributed by atoms with van der Waals surface area (Å²) in [7, 11) is 0. The van der Waals surface area contributed by atoms with Crippen molar-refractivity contribution in [2.45, 2.75) is 33.2 Å². The third-order valence-electron chi connectivity index (χ3n) is 6.06. The second kappa shape index (κ2) is 7.67. The molecule has 158 valence electrons. The van der Waals surface area contributed by atoms with Crippen LogP contribution in [0, 0.1) is 13.8 Å². The van der Waals surface area contributed by atoms with Gasteiger partial charge < -0.3 is 20.0 Å². The van der Waals surface area contributed by atoms with E-state index < -0.39 is 0 Å². The van der Waals surface area contributed by atoms with Gasteiger partial charge in [0.1, 0.15) is 17.5 Å². The maximum Gasteiger partial charge on any atom is 0.134 e. The minimum absolute atomic E-state index is 0.0406. The summed E-state index contributed by atoms with van der Waals surface area (Å²) in [6.45, 7) is 21.7. The second-order valence-corrected chi connectivity index (χ2v) is 8.93. The summed E-state index contributed by atoms with van der Waals surface area (Å²) in [5.41, 5.74) is 4.49. The van der Waals surface area contributed by atoms with Crippen molar-refractivity contribution < 1.29 is 0 Å². The van der Waals surface area contributed by atoms with Crippen molar-refractivity contribution >= 4 is 17.3 Å². The molecule has 2 aliphatic rings. The van der Waals surface area contributed by atoms with Crippen molar-refractivity contribution in [2.75, 3.05) is 42.5 Å². The lowest BCUT2D eigenvalue weighted by atomic mass is 10.1. The van der Waals surface area contributed by atoms with Crippen LogP contribution in [0.15, 0.2) is 49.6 Å². The first kappa shape index (κ1) is 20.3. The van der Waals surface area contributed by atoms with E-state index in [9.17, 15) is 0 Å². The molecule has 4 heterocycles. The summed E-state index contributed by atoms with van der Waals surface area (Å²) in [6, 6.07) is 6.38. The fourth-order valence-electron chi connectivity index (χ4n) is 4.39. The summed E-state index contributed by atoms with van der Waals surface area (Å²) in [4.78, 5) is 16.3. The standard InChI is InChI=1S/C24H32N6/c1-17-13-18(2)23(26-14-17)29-11-9-28(10-12-29)19(3)21-7-8-22(25-15-21)30-20(4)27-16-24(30,5)6/h7-8,13-15,27H,3-4,9-12,16H2,1-2,5-6H3. The Labute approximate surface area is 179 Å². The van der Waals surface area contributed by atoms with E-state index in [1.807, 2.05) is 12.4 Å². The molecular formula is C24H32N6. The van der Waals surface area contributed by atoms with Gasteiger partial charge in [-0.25, -0.2) is 9.97 Å². The van der Waals surface area contributed by atoms with Crippen molar-refractivity contribution in [3.8, 4) is 0 Å². The summed E-state index contributed by atoms with van der Waals surface area (Å²) >= 11 is 0. The van der Waals surface area contributed by atoms with E-state index in [-0.39, 0.29) is 5.54 Å². The molecule has 4 rings (SSSR count). The summed E-state index contributed by atoms with van der Waals surface area (Å²) < 4.78 is 0. The molecule has 0 radical (unpaired) electrons. The molecule has 0 spiro atoms. The number of nitrogens with zero attached hydrogens (tertiary/aromatic N) is 5. The lowest BCUT2D eigenvalue weighted by Gasteiger charge is -2.38. The fraction of sp³-hybridized carbons (Fsp3) is 0.417. The van der Waals surface area contributed by atoms with Crippen molar-refractivity contribution in [1.29, 1.82) is 0 Å². The Morgan fingerprint density at radius 3 is 2.37 bits per heavy atom. The Bertz CT molecular complexity index is 954. The highest BCUT2D eigenvalue weighted by Gasteiger charge is 2.35. The van der Waals surface area contributed by atoms with Gasteiger partial charge in [-0.15, -0.1) is 0 Å². The lowest BCUT2D eigenvalue weighted by Crippen LogP contribution is -2.46. The Morgan fingerprint density at radius 2 is 1.80 bits per heavy atom. The zero-order valence-corrected chi connectivity index (χ0v) is 18.6. The molecule has 0 amide bonds. The van der Waals surface area contributed by atoms with Crippen LogP contribution >= 0.6 is 0 Å². The van der Waals surface area contributed by atoms with E-state index in [0.717, 1.165) is 61.4 Å². The zero-order chi connectivity index (χ0) is 21.5. The number of nitrogens with one attached hydrogen (secondary N) is 1. The number of rotatable bonds is 4. The monoisotopic (exact) mass is 404 g/mol. The summed E-state index contributed by atoms with van der Waals surface area (Å²) in [5, 5.41) is 3.33. The molecule has 2 aromatic rings. The van der Waals surface area contributed by atoms with Gasteiger partial charge in [-0.3, -0.25) is 0 Å². The highest BCUT2D eigenvalue weighted by molar-refractivity contribution is 5.64. The third-order valence-corrected chi connectivity index (χ3v) is 6.06. The first-order valence-corrected chi connectivity index (χ1v) is 10.6. The molecule has 1 N–H and O–H groups in total. The predicted molar refractivity (Wildman–Crippen MR) is 124 cm³/mol. The van der Waals surface area contributed by atoms with Gasteiger partial charge in [-0.1, -0.05) is 19.2 Å². The predicted octanol–water partition coefficient (Wildman–Crippen LogP) is 3.55. The number of piperazine rings is 1. The van der Waals surface area contributed by atoms with Crippen LogP contribution in [-0.4, -0.2) is 53.1 Å². The number of hydrogen-bond donors (Lipinski definition) is 1. The Hall–Kier alpha value is -3.02. The van der Waals surface area contributed by atoms with Gasteiger partial charge in [-0.05, 0) is 51.0 Å². The average molecular weight is 405 g/mol. The third kappa shape index (κ3) is 3.74. The molecule has 2 aromatic heterocycles. The van der Waals surface area contributed by atoms with E-state index in [1.54, 1.807) is 0 Å². The number of anilines is 2. The Morgan fingerprint density at radius 1 is 1.07 bits per heavy atom. The van der Waals surface area contributed by atoms with Crippen LogP contribution in [0.2, 0.25) is 0 Å². The number of aryl methyl sites for hydroxylation is 2. The average Bonchev–Trinajstić information content (AvgIpc) is 3.00. The van der Waals surface area contributed by atoms with Crippen LogP contribution in [-0.2, 0) is 0 Å². The van der Waals surface area contributed by atoms with Crippen molar-refractivity contribution in [2.24, 2.45) is 0 Å². The molecule has 30 heavy (non-hydrogen) atoms. The van der Waals surface area contributed by atoms with Gasteiger partial charge in [0.2, 0.25) is 0 Å². The van der Waals surface area contributed by atoms with Crippen molar-refractivity contribution in [1.82, 2.24) is 20.2 Å². The quantitative estimate of drug-likeness (QED) is 0.841. The normalized spacial score (nSPS) is 18.5. The number of pyridine rings is 2. The highest BCUT2D eigenvalue weighted by Crippen LogP contribution is 2.30. The van der Waals surface area contributed by atoms with E-state index in [4.69, 9.17) is 4.98 Å². The summed E-state index contributed by atoms with van der Waals surface area (Å²) in [6.07, 6.45) is 3.88. The first-order valence-electron chi connectivity index (χ1n) is 10.6. The fourth-order valence-corrected chi connectivity index (χ4v) is 4.39. The van der Waals surface area contributed by atoms with Gasteiger partial charge >= 0.3 is 0 Å². The molecular weight excluding hydrogens is 372 g/mol. The van der Waals surface area contributed by atoms with Gasteiger partial charge in [0.15, 0.2) is 0 Å². The van der Waals surface area contributed by atoms with Crippen LogP contribution in [0.25, 0.3) is 5.70 Å². The topological polar surface area (TPSA) is 47.5 Å². The second-order valence-electron chi connectivity index (χ2n) is 8.93. The van der Waals surface area contributed by atoms with Crippen LogP contribution in [0.4, 0.5) is 11.6 Å². The molecule has 6 heteroatoms. The Kier molecular flexibility index (Phi) is 5.18. The largest absolute Gasteiger partial charge is 0.370 e. The maximum atomic E-state index is 4.72. The smallest absolute Gasteiger partial charge is 0.134 e. The van der Waals surface area contributed by atoms with Gasteiger partial charge in [0.25, 0.3) is 0 Å². The number of aromatic nitrogens is 2. The van der Waals surface area contributed by atoms with Crippen LogP contribution in [0.5, 0.6) is 0 Å². The molecule has 2 fully saturated rings. The molecule has 0 unspecified atom stereocenters. The van der Waals surface area contributed by atoms with Gasteiger partial charge in [-0.2, -0.15) is 0 Å². The van der Waals surface area contributed by atoms with Gasteiger partial charge in [0.05, 0.1) is 5.54 Å². The Balaban J connectivity index is 1.41. The van der Waals surface area contributed by atoms with E-state index >= 15 is 0 Å². The SMILES string of the molecule is C=C(c1ccc(N2C(=C)NCC2(C)C)nc1)N1CCN(c2ncc(C)cc2C)CC1. The molecule has 0 aromatic carbocycles. The molecule has 0 aliphatic carbocycles. The molecule has 2 saturated heterocycles. The van der Waals surface area contributed by atoms with E-state index in [0.29, 0.717) is 0 Å². The minimum Gasteiger partial charge on any atom is -0.370 e. The van der Waals surface area contributed by atoms with E-state index in [2.05, 4.69) is 84.1 Å². The van der Waals surface area contributed by atoms with E-state index in [1.165, 1.54) is 11.1 Å². The lowest BCUT2D eigenvalue weighted by molar-refractivity contribution is 0.366. The molecule has 6 nitrogen and oxygen atoms in total. The molecule has 2 aliphatic heterocycles. The van der Waals surface area contributed by atoms with Crippen molar-refractivity contribution in [3.63, 3.8) is 0 Å².